The summed E-state index contributed by atoms with van der Waals surface area (Å²) in [4.78, 5) is 3.97. The number of hydrogen-bond donors (Lipinski definition) is 2. The Labute approximate surface area is 121 Å². The van der Waals surface area contributed by atoms with E-state index in [-0.39, 0.29) is 0 Å². The first-order chi connectivity index (χ1) is 9.97. The summed E-state index contributed by atoms with van der Waals surface area (Å²) in [6, 6.07) is 4.59. The molecule has 0 aliphatic heterocycles. The van der Waals surface area contributed by atoms with Crippen molar-refractivity contribution in [2.45, 2.75) is 6.18 Å². The fourth-order valence-electron chi connectivity index (χ4n) is 1.47. The molecule has 4 nitrogen and oxygen atoms in total. The molecule has 0 saturated carbocycles. The van der Waals surface area contributed by atoms with E-state index in [9.17, 15) is 13.2 Å². The number of nitrogens with zero attached hydrogens (tertiary/aromatic N) is 1. The predicted octanol–water partition coefficient (Wildman–Crippen LogP) is 2.44. The van der Waals surface area contributed by atoms with Crippen molar-refractivity contribution in [1.82, 2.24) is 10.6 Å². The zero-order chi connectivity index (χ0) is 15.7. The van der Waals surface area contributed by atoms with Crippen LogP contribution >= 0.6 is 0 Å². The normalized spacial score (nSPS) is 11.9. The van der Waals surface area contributed by atoms with Crippen LogP contribution in [0.5, 0.6) is 5.75 Å². The zero-order valence-electron chi connectivity index (χ0n) is 11.7. The number of halogens is 3. The van der Waals surface area contributed by atoms with Gasteiger partial charge >= 0.3 is 6.18 Å². The van der Waals surface area contributed by atoms with Crippen molar-refractivity contribution in [3.05, 3.63) is 42.5 Å². The quantitative estimate of drug-likeness (QED) is 0.367. The van der Waals surface area contributed by atoms with Crippen LogP contribution in [0.1, 0.15) is 5.56 Å². The monoisotopic (exact) mass is 301 g/mol. The molecular formula is C14H18F3N3O. The van der Waals surface area contributed by atoms with Gasteiger partial charge in [0.2, 0.25) is 0 Å². The third-order valence-electron chi connectivity index (χ3n) is 2.48. The maximum Gasteiger partial charge on any atom is 0.416 e. The molecule has 0 spiro atoms. The van der Waals surface area contributed by atoms with Crippen LogP contribution in [0.2, 0.25) is 0 Å². The number of nitrogens with one attached hydrogen (secondary N) is 2. The fraction of sp³-hybridized carbons (Fsp3) is 0.357. The average molecular weight is 301 g/mol. The Morgan fingerprint density at radius 3 is 2.48 bits per heavy atom. The Balaban J connectivity index is 2.34. The van der Waals surface area contributed by atoms with E-state index in [1.807, 2.05) is 0 Å². The van der Waals surface area contributed by atoms with Gasteiger partial charge in [0.25, 0.3) is 0 Å². The first-order valence-corrected chi connectivity index (χ1v) is 6.33. The molecule has 1 rings (SSSR count). The highest BCUT2D eigenvalue weighted by atomic mass is 19.4. The van der Waals surface area contributed by atoms with Crippen molar-refractivity contribution in [2.75, 3.05) is 26.7 Å². The van der Waals surface area contributed by atoms with Crippen LogP contribution in [-0.4, -0.2) is 32.7 Å². The molecule has 0 aromatic heterocycles. The fourth-order valence-corrected chi connectivity index (χ4v) is 1.47. The minimum absolute atomic E-state index is 0.306. The standard InChI is InChI=1S/C14H18F3N3O/c1-3-8-19-13(18-2)20-9-10-21-12-6-4-11(5-7-12)14(15,16)17/h3-7H,1,8-10H2,2H3,(H2,18,19,20). The summed E-state index contributed by atoms with van der Waals surface area (Å²) in [5.74, 6) is 0.991. The molecule has 0 aliphatic rings. The minimum atomic E-state index is -4.33. The largest absolute Gasteiger partial charge is 0.492 e. The highest BCUT2D eigenvalue weighted by molar-refractivity contribution is 5.79. The Hall–Kier alpha value is -2.18. The van der Waals surface area contributed by atoms with Crippen molar-refractivity contribution in [3.63, 3.8) is 0 Å². The molecule has 1 aromatic rings. The van der Waals surface area contributed by atoms with Crippen molar-refractivity contribution in [1.29, 1.82) is 0 Å². The van der Waals surface area contributed by atoms with Crippen LogP contribution in [0.15, 0.2) is 41.9 Å². The van der Waals surface area contributed by atoms with Gasteiger partial charge in [-0.25, -0.2) is 0 Å². The molecule has 0 atom stereocenters. The summed E-state index contributed by atoms with van der Waals surface area (Å²) in [5.41, 5.74) is -0.693. The molecule has 0 amide bonds. The van der Waals surface area contributed by atoms with Gasteiger partial charge in [-0.05, 0) is 24.3 Å². The van der Waals surface area contributed by atoms with E-state index >= 15 is 0 Å². The van der Waals surface area contributed by atoms with Crippen LogP contribution in [0.25, 0.3) is 0 Å². The molecule has 21 heavy (non-hydrogen) atoms. The molecule has 2 N–H and O–H groups in total. The molecular weight excluding hydrogens is 283 g/mol. The Morgan fingerprint density at radius 2 is 1.95 bits per heavy atom. The van der Waals surface area contributed by atoms with Crippen molar-refractivity contribution >= 4 is 5.96 Å². The molecule has 0 saturated heterocycles. The summed E-state index contributed by atoms with van der Waals surface area (Å²) in [6.07, 6.45) is -2.63. The lowest BCUT2D eigenvalue weighted by Crippen LogP contribution is -2.39. The molecule has 0 fully saturated rings. The molecule has 1 aromatic carbocycles. The zero-order valence-corrected chi connectivity index (χ0v) is 11.7. The number of ether oxygens (including phenoxy) is 1. The molecule has 116 valence electrons. The van der Waals surface area contributed by atoms with Gasteiger partial charge in [-0.15, -0.1) is 6.58 Å². The molecule has 0 heterocycles. The first kappa shape index (κ1) is 16.9. The van der Waals surface area contributed by atoms with Gasteiger partial charge in [0, 0.05) is 13.6 Å². The number of aliphatic imine (C=N–C) groups is 1. The number of guanidine groups is 1. The smallest absolute Gasteiger partial charge is 0.416 e. The Kier molecular flexibility index (Phi) is 6.58. The van der Waals surface area contributed by atoms with Crippen LogP contribution in [0.3, 0.4) is 0 Å². The van der Waals surface area contributed by atoms with Gasteiger partial charge < -0.3 is 15.4 Å². The van der Waals surface area contributed by atoms with E-state index in [0.717, 1.165) is 12.1 Å². The lowest BCUT2D eigenvalue weighted by Gasteiger charge is -2.12. The topological polar surface area (TPSA) is 45.7 Å². The highest BCUT2D eigenvalue weighted by Gasteiger charge is 2.29. The van der Waals surface area contributed by atoms with Crippen molar-refractivity contribution < 1.29 is 17.9 Å². The number of benzene rings is 1. The molecule has 0 bridgehead atoms. The van der Waals surface area contributed by atoms with Crippen LogP contribution in [0.4, 0.5) is 13.2 Å². The second-order valence-corrected chi connectivity index (χ2v) is 4.04. The van der Waals surface area contributed by atoms with Crippen LogP contribution in [0, 0.1) is 0 Å². The van der Waals surface area contributed by atoms with E-state index in [0.29, 0.717) is 31.4 Å². The van der Waals surface area contributed by atoms with E-state index in [4.69, 9.17) is 4.74 Å². The number of rotatable bonds is 6. The molecule has 7 heteroatoms. The lowest BCUT2D eigenvalue weighted by molar-refractivity contribution is -0.137. The van der Waals surface area contributed by atoms with Gasteiger partial charge in [0.1, 0.15) is 12.4 Å². The average Bonchev–Trinajstić information content (AvgIpc) is 2.46. The Bertz CT molecular complexity index is 469. The summed E-state index contributed by atoms with van der Waals surface area (Å²) >= 11 is 0. The third kappa shape index (κ3) is 6.20. The lowest BCUT2D eigenvalue weighted by atomic mass is 10.2. The van der Waals surface area contributed by atoms with E-state index < -0.39 is 11.7 Å². The van der Waals surface area contributed by atoms with E-state index in [2.05, 4.69) is 22.2 Å². The van der Waals surface area contributed by atoms with Gasteiger partial charge in [0.15, 0.2) is 5.96 Å². The van der Waals surface area contributed by atoms with E-state index in [1.165, 1.54) is 12.1 Å². The minimum Gasteiger partial charge on any atom is -0.492 e. The maximum atomic E-state index is 12.4. The first-order valence-electron chi connectivity index (χ1n) is 6.33. The molecule has 0 unspecified atom stereocenters. The third-order valence-corrected chi connectivity index (χ3v) is 2.48. The number of alkyl halides is 3. The van der Waals surface area contributed by atoms with Crippen molar-refractivity contribution in [3.8, 4) is 5.75 Å². The number of hydrogen-bond acceptors (Lipinski definition) is 2. The summed E-state index contributed by atoms with van der Waals surface area (Å²) < 4.78 is 42.5. The van der Waals surface area contributed by atoms with Gasteiger partial charge in [-0.1, -0.05) is 6.08 Å². The van der Waals surface area contributed by atoms with Gasteiger partial charge in [0.05, 0.1) is 12.1 Å². The highest BCUT2D eigenvalue weighted by Crippen LogP contribution is 2.30. The molecule has 0 radical (unpaired) electrons. The van der Waals surface area contributed by atoms with Gasteiger partial charge in [-0.3, -0.25) is 4.99 Å². The second kappa shape index (κ2) is 8.18. The van der Waals surface area contributed by atoms with E-state index in [1.54, 1.807) is 13.1 Å². The summed E-state index contributed by atoms with van der Waals surface area (Å²) in [6.45, 7) is 4.94. The summed E-state index contributed by atoms with van der Waals surface area (Å²) in [7, 11) is 1.63. The maximum absolute atomic E-state index is 12.4. The van der Waals surface area contributed by atoms with Gasteiger partial charge in [-0.2, -0.15) is 13.2 Å². The second-order valence-electron chi connectivity index (χ2n) is 4.04. The predicted molar refractivity (Wildman–Crippen MR) is 76.5 cm³/mol. The SMILES string of the molecule is C=CCNC(=NC)NCCOc1ccc(C(F)(F)F)cc1. The van der Waals surface area contributed by atoms with Crippen LogP contribution < -0.4 is 15.4 Å². The molecule has 0 aliphatic carbocycles. The summed E-state index contributed by atoms with van der Waals surface area (Å²) in [5, 5.41) is 5.98. The van der Waals surface area contributed by atoms with Crippen LogP contribution in [-0.2, 0) is 6.18 Å². The Morgan fingerprint density at radius 1 is 1.29 bits per heavy atom. The van der Waals surface area contributed by atoms with Crippen molar-refractivity contribution in [2.24, 2.45) is 4.99 Å².